The van der Waals surface area contributed by atoms with Crippen molar-refractivity contribution >= 4 is 17.6 Å². The Morgan fingerprint density at radius 1 is 1.42 bits per heavy atom. The minimum atomic E-state index is -1.34. The fraction of sp³-hybridized carbons (Fsp3) is 0.385. The molecule has 1 aromatic carbocycles. The van der Waals surface area contributed by atoms with E-state index < -0.39 is 22.9 Å². The van der Waals surface area contributed by atoms with E-state index in [-0.39, 0.29) is 18.0 Å². The quantitative estimate of drug-likeness (QED) is 0.773. The molecule has 2 rings (SSSR count). The molecule has 0 bridgehead atoms. The number of amides is 1. The van der Waals surface area contributed by atoms with E-state index in [9.17, 15) is 14.0 Å². The van der Waals surface area contributed by atoms with Crippen molar-refractivity contribution in [1.29, 1.82) is 0 Å². The first-order valence-corrected chi connectivity index (χ1v) is 6.01. The highest BCUT2D eigenvalue weighted by atomic mass is 19.1. The molecule has 0 atom stereocenters. The molecule has 1 fully saturated rings. The van der Waals surface area contributed by atoms with Gasteiger partial charge in [-0.25, -0.2) is 9.18 Å². The summed E-state index contributed by atoms with van der Waals surface area (Å²) in [6.45, 7) is 0. The predicted molar refractivity (Wildman–Crippen MR) is 67.4 cm³/mol. The lowest BCUT2D eigenvalue weighted by atomic mass is 9.75. The number of anilines is 1. The number of halogens is 1. The smallest absolute Gasteiger partial charge is 0.338 e. The number of hydrogen-bond acceptors (Lipinski definition) is 3. The van der Waals surface area contributed by atoms with Crippen molar-refractivity contribution in [2.24, 2.45) is 5.73 Å². The Balaban J connectivity index is 2.01. The third-order valence-corrected chi connectivity index (χ3v) is 3.35. The summed E-state index contributed by atoms with van der Waals surface area (Å²) in [6, 6.07) is 3.47. The number of aromatic carboxylic acids is 1. The molecule has 102 valence electrons. The molecule has 0 saturated heterocycles. The van der Waals surface area contributed by atoms with Crippen LogP contribution in [0.25, 0.3) is 0 Å². The molecule has 0 heterocycles. The summed E-state index contributed by atoms with van der Waals surface area (Å²) in [5.74, 6) is -2.51. The normalized spacial score (nSPS) is 16.5. The highest BCUT2D eigenvalue weighted by Crippen LogP contribution is 2.32. The van der Waals surface area contributed by atoms with Crippen molar-refractivity contribution in [3.05, 3.63) is 29.6 Å². The Morgan fingerprint density at radius 3 is 2.58 bits per heavy atom. The van der Waals surface area contributed by atoms with E-state index in [0.29, 0.717) is 0 Å². The van der Waals surface area contributed by atoms with Crippen LogP contribution in [0.4, 0.5) is 10.1 Å². The zero-order valence-electron chi connectivity index (χ0n) is 10.3. The van der Waals surface area contributed by atoms with Gasteiger partial charge in [-0.05, 0) is 37.5 Å². The molecular weight excluding hydrogens is 251 g/mol. The first-order chi connectivity index (χ1) is 8.89. The topological polar surface area (TPSA) is 92.4 Å². The highest BCUT2D eigenvalue weighted by molar-refractivity contribution is 5.93. The van der Waals surface area contributed by atoms with E-state index in [4.69, 9.17) is 10.8 Å². The van der Waals surface area contributed by atoms with Crippen molar-refractivity contribution in [1.82, 2.24) is 0 Å². The number of carbonyl (C=O) groups is 2. The summed E-state index contributed by atoms with van der Waals surface area (Å²) < 4.78 is 13.4. The molecule has 1 saturated carbocycles. The van der Waals surface area contributed by atoms with E-state index in [0.717, 1.165) is 31.4 Å². The van der Waals surface area contributed by atoms with Crippen molar-refractivity contribution in [3.8, 4) is 0 Å². The van der Waals surface area contributed by atoms with Gasteiger partial charge in [-0.15, -0.1) is 0 Å². The molecular formula is C13H15FN2O3. The molecule has 4 N–H and O–H groups in total. The first-order valence-electron chi connectivity index (χ1n) is 6.01. The lowest BCUT2D eigenvalue weighted by Crippen LogP contribution is -2.48. The number of nitrogens with two attached hydrogens (primary N) is 1. The fourth-order valence-corrected chi connectivity index (χ4v) is 2.10. The third kappa shape index (κ3) is 3.08. The Hall–Kier alpha value is -1.95. The number of carbonyl (C=O) groups excluding carboxylic acids is 1. The van der Waals surface area contributed by atoms with E-state index in [1.165, 1.54) is 6.07 Å². The van der Waals surface area contributed by atoms with E-state index in [2.05, 4.69) is 5.32 Å². The van der Waals surface area contributed by atoms with Crippen LogP contribution in [0, 0.1) is 5.82 Å². The number of rotatable bonds is 4. The van der Waals surface area contributed by atoms with Gasteiger partial charge in [0.25, 0.3) is 0 Å². The Morgan fingerprint density at radius 2 is 2.11 bits per heavy atom. The van der Waals surface area contributed by atoms with Crippen molar-refractivity contribution < 1.29 is 19.1 Å². The maximum absolute atomic E-state index is 13.4. The summed E-state index contributed by atoms with van der Waals surface area (Å²) in [7, 11) is 0. The minimum Gasteiger partial charge on any atom is -0.478 e. The molecule has 0 spiro atoms. The number of nitrogens with one attached hydrogen (secondary N) is 1. The average Bonchev–Trinajstić information content (AvgIpc) is 2.26. The molecule has 5 nitrogen and oxygen atoms in total. The molecule has 1 aromatic rings. The molecule has 1 aliphatic rings. The Labute approximate surface area is 109 Å². The second kappa shape index (κ2) is 4.97. The summed E-state index contributed by atoms with van der Waals surface area (Å²) in [5, 5.41) is 11.2. The maximum Gasteiger partial charge on any atom is 0.338 e. The molecule has 0 aliphatic heterocycles. The monoisotopic (exact) mass is 266 g/mol. The number of benzene rings is 1. The Kier molecular flexibility index (Phi) is 3.53. The van der Waals surface area contributed by atoms with Crippen LogP contribution in [0.1, 0.15) is 36.0 Å². The van der Waals surface area contributed by atoms with Gasteiger partial charge < -0.3 is 16.2 Å². The lowest BCUT2D eigenvalue weighted by Gasteiger charge is -2.37. The van der Waals surface area contributed by atoms with E-state index >= 15 is 0 Å². The largest absolute Gasteiger partial charge is 0.478 e. The summed E-state index contributed by atoms with van der Waals surface area (Å²) >= 11 is 0. The van der Waals surface area contributed by atoms with Gasteiger partial charge >= 0.3 is 5.97 Å². The fourth-order valence-electron chi connectivity index (χ4n) is 2.10. The zero-order valence-corrected chi connectivity index (χ0v) is 10.3. The number of carboxylic acids is 1. The second-order valence-electron chi connectivity index (χ2n) is 4.94. The van der Waals surface area contributed by atoms with Gasteiger partial charge in [-0.2, -0.15) is 0 Å². The predicted octanol–water partition coefficient (Wildman–Crippen LogP) is 1.73. The lowest BCUT2D eigenvalue weighted by molar-refractivity contribution is -0.118. The van der Waals surface area contributed by atoms with Crippen LogP contribution < -0.4 is 11.1 Å². The molecule has 6 heteroatoms. The average molecular weight is 266 g/mol. The van der Waals surface area contributed by atoms with Gasteiger partial charge in [0.1, 0.15) is 5.82 Å². The van der Waals surface area contributed by atoms with Crippen LogP contribution >= 0.6 is 0 Å². The molecule has 0 aromatic heterocycles. The van der Waals surface area contributed by atoms with Gasteiger partial charge in [0.15, 0.2) is 0 Å². The van der Waals surface area contributed by atoms with Crippen LogP contribution in [-0.4, -0.2) is 22.5 Å². The minimum absolute atomic E-state index is 0.190. The maximum atomic E-state index is 13.4. The van der Waals surface area contributed by atoms with Crippen molar-refractivity contribution in [2.75, 3.05) is 5.32 Å². The van der Waals surface area contributed by atoms with E-state index in [1.54, 1.807) is 0 Å². The van der Waals surface area contributed by atoms with Crippen LogP contribution in [0.2, 0.25) is 0 Å². The van der Waals surface area contributed by atoms with Crippen LogP contribution in [-0.2, 0) is 4.79 Å². The van der Waals surface area contributed by atoms with Gasteiger partial charge in [0.2, 0.25) is 5.91 Å². The van der Waals surface area contributed by atoms with Crippen molar-refractivity contribution in [2.45, 2.75) is 31.2 Å². The SMILES string of the molecule is NC1(CC(=O)Nc2ccc(C(=O)O)c(F)c2)CCC1. The van der Waals surface area contributed by atoms with Crippen LogP contribution in [0.3, 0.4) is 0 Å². The Bertz CT molecular complexity index is 527. The summed E-state index contributed by atoms with van der Waals surface area (Å²) in [4.78, 5) is 22.4. The number of carboxylic acid groups (broad SMARTS) is 1. The van der Waals surface area contributed by atoms with Crippen molar-refractivity contribution in [3.63, 3.8) is 0 Å². The highest BCUT2D eigenvalue weighted by Gasteiger charge is 2.34. The summed E-state index contributed by atoms with van der Waals surface area (Å²) in [6.07, 6.45) is 2.83. The molecule has 1 amide bonds. The molecule has 0 radical (unpaired) electrons. The van der Waals surface area contributed by atoms with Gasteiger partial charge in [0.05, 0.1) is 5.56 Å². The standard InChI is InChI=1S/C13H15FN2O3/c14-10-6-8(2-3-9(10)12(18)19)16-11(17)7-13(15)4-1-5-13/h2-3,6H,1,4-5,7,15H2,(H,16,17)(H,18,19). The van der Waals surface area contributed by atoms with Gasteiger partial charge in [-0.1, -0.05) is 0 Å². The molecule has 0 unspecified atom stereocenters. The third-order valence-electron chi connectivity index (χ3n) is 3.35. The van der Waals surface area contributed by atoms with E-state index in [1.807, 2.05) is 0 Å². The van der Waals surface area contributed by atoms with Gasteiger partial charge in [-0.3, -0.25) is 4.79 Å². The first kappa shape index (κ1) is 13.5. The zero-order chi connectivity index (χ0) is 14.0. The van der Waals surface area contributed by atoms with Crippen LogP contribution in [0.5, 0.6) is 0 Å². The summed E-state index contributed by atoms with van der Waals surface area (Å²) in [5.41, 5.74) is 5.31. The second-order valence-corrected chi connectivity index (χ2v) is 4.94. The number of hydrogen-bond donors (Lipinski definition) is 3. The molecule has 19 heavy (non-hydrogen) atoms. The van der Waals surface area contributed by atoms with Gasteiger partial charge in [0, 0.05) is 17.6 Å². The van der Waals surface area contributed by atoms with Crippen LogP contribution in [0.15, 0.2) is 18.2 Å². The molecule has 1 aliphatic carbocycles.